The minimum absolute atomic E-state index is 0.173. The van der Waals surface area contributed by atoms with Crippen LogP contribution in [0.5, 0.6) is 11.5 Å². The molecular formula is C10H11N3O2. The number of aromatic amines is 1. The van der Waals surface area contributed by atoms with Crippen molar-refractivity contribution in [3.63, 3.8) is 0 Å². The number of anilines is 1. The SMILES string of the molecule is Nc1cnc(COc2cccc(O)c2)[nH]1. The molecule has 0 bridgehead atoms. The van der Waals surface area contributed by atoms with Crippen molar-refractivity contribution in [2.75, 3.05) is 5.73 Å². The lowest BCUT2D eigenvalue weighted by atomic mass is 10.3. The van der Waals surface area contributed by atoms with Gasteiger partial charge in [0, 0.05) is 6.07 Å². The molecule has 0 saturated carbocycles. The molecule has 78 valence electrons. The number of phenolic OH excluding ortho intramolecular Hbond substituents is 1. The van der Waals surface area contributed by atoms with Crippen molar-refractivity contribution in [3.05, 3.63) is 36.3 Å². The highest BCUT2D eigenvalue weighted by molar-refractivity contribution is 5.32. The Morgan fingerprint density at radius 2 is 2.33 bits per heavy atom. The van der Waals surface area contributed by atoms with Gasteiger partial charge < -0.3 is 20.6 Å². The number of nitrogens with two attached hydrogens (primary N) is 1. The average Bonchev–Trinajstić information content (AvgIpc) is 2.62. The van der Waals surface area contributed by atoms with E-state index in [1.54, 1.807) is 18.2 Å². The summed E-state index contributed by atoms with van der Waals surface area (Å²) in [5.74, 6) is 1.91. The smallest absolute Gasteiger partial charge is 0.146 e. The minimum Gasteiger partial charge on any atom is -0.508 e. The van der Waals surface area contributed by atoms with E-state index >= 15 is 0 Å². The molecule has 1 heterocycles. The summed E-state index contributed by atoms with van der Waals surface area (Å²) < 4.78 is 5.38. The molecule has 0 saturated heterocycles. The molecule has 0 amide bonds. The first-order valence-electron chi connectivity index (χ1n) is 4.45. The zero-order valence-corrected chi connectivity index (χ0v) is 7.97. The number of nitrogens with zero attached hydrogens (tertiary/aromatic N) is 1. The number of ether oxygens (including phenoxy) is 1. The van der Waals surface area contributed by atoms with Crippen LogP contribution >= 0.6 is 0 Å². The van der Waals surface area contributed by atoms with Crippen LogP contribution in [0.1, 0.15) is 5.82 Å². The Labute approximate surface area is 86.5 Å². The molecule has 2 rings (SSSR count). The Hall–Kier alpha value is -2.17. The third-order valence-electron chi connectivity index (χ3n) is 1.84. The summed E-state index contributed by atoms with van der Waals surface area (Å²) in [5.41, 5.74) is 5.46. The zero-order valence-electron chi connectivity index (χ0n) is 7.97. The van der Waals surface area contributed by atoms with Gasteiger partial charge in [-0.3, -0.25) is 0 Å². The average molecular weight is 205 g/mol. The largest absolute Gasteiger partial charge is 0.508 e. The molecular weight excluding hydrogens is 194 g/mol. The lowest BCUT2D eigenvalue weighted by Gasteiger charge is -2.03. The number of aromatic nitrogens is 2. The van der Waals surface area contributed by atoms with Crippen molar-refractivity contribution in [3.8, 4) is 11.5 Å². The van der Waals surface area contributed by atoms with Crippen molar-refractivity contribution in [1.82, 2.24) is 9.97 Å². The van der Waals surface area contributed by atoms with Crippen LogP contribution in [0.2, 0.25) is 0 Å². The lowest BCUT2D eigenvalue weighted by Crippen LogP contribution is -1.97. The predicted octanol–water partition coefficient (Wildman–Crippen LogP) is 1.28. The number of imidazole rings is 1. The van der Waals surface area contributed by atoms with E-state index in [0.717, 1.165) is 0 Å². The van der Waals surface area contributed by atoms with Crippen LogP contribution in [0, 0.1) is 0 Å². The fourth-order valence-corrected chi connectivity index (χ4v) is 1.18. The van der Waals surface area contributed by atoms with Gasteiger partial charge in [-0.2, -0.15) is 0 Å². The fourth-order valence-electron chi connectivity index (χ4n) is 1.18. The highest BCUT2D eigenvalue weighted by Gasteiger charge is 1.99. The van der Waals surface area contributed by atoms with Crippen LogP contribution < -0.4 is 10.5 Å². The van der Waals surface area contributed by atoms with Gasteiger partial charge in [0.05, 0.1) is 6.20 Å². The molecule has 0 aliphatic rings. The van der Waals surface area contributed by atoms with E-state index in [9.17, 15) is 5.11 Å². The predicted molar refractivity (Wildman–Crippen MR) is 55.4 cm³/mol. The van der Waals surface area contributed by atoms with E-state index in [-0.39, 0.29) is 5.75 Å². The maximum Gasteiger partial charge on any atom is 0.146 e. The normalized spacial score (nSPS) is 10.1. The van der Waals surface area contributed by atoms with Crippen LogP contribution in [0.3, 0.4) is 0 Å². The van der Waals surface area contributed by atoms with Gasteiger partial charge in [0.2, 0.25) is 0 Å². The van der Waals surface area contributed by atoms with Crippen LogP contribution in [0.4, 0.5) is 5.82 Å². The molecule has 4 N–H and O–H groups in total. The second kappa shape index (κ2) is 3.91. The van der Waals surface area contributed by atoms with Crippen molar-refractivity contribution >= 4 is 5.82 Å². The number of aromatic hydroxyl groups is 1. The molecule has 5 heteroatoms. The molecule has 1 aromatic carbocycles. The van der Waals surface area contributed by atoms with Crippen LogP contribution in [0.15, 0.2) is 30.5 Å². The molecule has 1 aromatic heterocycles. The molecule has 0 fully saturated rings. The van der Waals surface area contributed by atoms with Crippen molar-refractivity contribution < 1.29 is 9.84 Å². The first-order chi connectivity index (χ1) is 7.24. The number of rotatable bonds is 3. The molecule has 0 aliphatic carbocycles. The second-order valence-electron chi connectivity index (χ2n) is 3.07. The maximum atomic E-state index is 9.19. The summed E-state index contributed by atoms with van der Waals surface area (Å²) in [5, 5.41) is 9.19. The molecule has 5 nitrogen and oxygen atoms in total. The number of benzene rings is 1. The molecule has 0 radical (unpaired) electrons. The van der Waals surface area contributed by atoms with Gasteiger partial charge in [0.1, 0.15) is 29.7 Å². The van der Waals surface area contributed by atoms with Gasteiger partial charge in [-0.1, -0.05) is 6.07 Å². The number of hydrogen-bond acceptors (Lipinski definition) is 4. The maximum absolute atomic E-state index is 9.19. The van der Waals surface area contributed by atoms with Crippen LogP contribution in [0.25, 0.3) is 0 Å². The Bertz CT molecular complexity index is 453. The van der Waals surface area contributed by atoms with Crippen molar-refractivity contribution in [2.45, 2.75) is 6.61 Å². The standard InChI is InChI=1S/C10H11N3O2/c11-9-5-12-10(13-9)6-15-8-3-1-2-7(14)4-8/h1-5,14H,6,11H2,(H,12,13). The van der Waals surface area contributed by atoms with Gasteiger partial charge in [-0.15, -0.1) is 0 Å². The summed E-state index contributed by atoms with van der Waals surface area (Å²) in [7, 11) is 0. The molecule has 2 aromatic rings. The summed E-state index contributed by atoms with van der Waals surface area (Å²) in [6.07, 6.45) is 1.53. The highest BCUT2D eigenvalue weighted by atomic mass is 16.5. The topological polar surface area (TPSA) is 84.2 Å². The number of nitrogens with one attached hydrogen (secondary N) is 1. The third kappa shape index (κ3) is 2.40. The van der Waals surface area contributed by atoms with Crippen LogP contribution in [-0.4, -0.2) is 15.1 Å². The second-order valence-corrected chi connectivity index (χ2v) is 3.07. The number of H-pyrrole nitrogens is 1. The van der Waals surface area contributed by atoms with Crippen LogP contribution in [-0.2, 0) is 6.61 Å². The zero-order chi connectivity index (χ0) is 10.7. The third-order valence-corrected chi connectivity index (χ3v) is 1.84. The number of phenols is 1. The molecule has 0 spiro atoms. The quantitative estimate of drug-likeness (QED) is 0.704. The Morgan fingerprint density at radius 1 is 1.47 bits per heavy atom. The van der Waals surface area contributed by atoms with Crippen molar-refractivity contribution in [1.29, 1.82) is 0 Å². The van der Waals surface area contributed by atoms with Gasteiger partial charge in [-0.05, 0) is 12.1 Å². The first-order valence-corrected chi connectivity index (χ1v) is 4.45. The monoisotopic (exact) mass is 205 g/mol. The number of nitrogen functional groups attached to an aromatic ring is 1. The minimum atomic E-state index is 0.173. The summed E-state index contributed by atoms with van der Waals surface area (Å²) in [6, 6.07) is 6.58. The Morgan fingerprint density at radius 3 is 3.00 bits per heavy atom. The van der Waals surface area contributed by atoms with Gasteiger partial charge in [0.15, 0.2) is 0 Å². The van der Waals surface area contributed by atoms with Gasteiger partial charge in [-0.25, -0.2) is 4.98 Å². The number of hydrogen-bond donors (Lipinski definition) is 3. The van der Waals surface area contributed by atoms with Crippen molar-refractivity contribution in [2.24, 2.45) is 0 Å². The van der Waals surface area contributed by atoms with Gasteiger partial charge in [0.25, 0.3) is 0 Å². The summed E-state index contributed by atoms with van der Waals surface area (Å²) >= 11 is 0. The highest BCUT2D eigenvalue weighted by Crippen LogP contribution is 2.18. The van der Waals surface area contributed by atoms with E-state index in [1.165, 1.54) is 12.3 Å². The van der Waals surface area contributed by atoms with E-state index in [1.807, 2.05) is 0 Å². The van der Waals surface area contributed by atoms with E-state index in [2.05, 4.69) is 9.97 Å². The van der Waals surface area contributed by atoms with E-state index < -0.39 is 0 Å². The molecule has 0 unspecified atom stereocenters. The van der Waals surface area contributed by atoms with E-state index in [4.69, 9.17) is 10.5 Å². The Balaban J connectivity index is 1.99. The van der Waals surface area contributed by atoms with E-state index in [0.29, 0.717) is 24.0 Å². The fraction of sp³-hybridized carbons (Fsp3) is 0.100. The lowest BCUT2D eigenvalue weighted by molar-refractivity contribution is 0.295. The summed E-state index contributed by atoms with van der Waals surface area (Å²) in [4.78, 5) is 6.83. The molecule has 0 atom stereocenters. The first kappa shape index (κ1) is 9.39. The summed E-state index contributed by atoms with van der Waals surface area (Å²) in [6.45, 7) is 0.292. The molecule has 15 heavy (non-hydrogen) atoms. The van der Waals surface area contributed by atoms with Gasteiger partial charge >= 0.3 is 0 Å². The Kier molecular flexibility index (Phi) is 2.45. The molecule has 0 aliphatic heterocycles.